The largest absolute Gasteiger partial charge is 0.380 e. The van der Waals surface area contributed by atoms with Crippen LogP contribution in [-0.2, 0) is 4.74 Å². The zero-order valence-corrected chi connectivity index (χ0v) is 15.1. The summed E-state index contributed by atoms with van der Waals surface area (Å²) >= 11 is 0. The lowest BCUT2D eigenvalue weighted by atomic mass is 9.92. The molecule has 114 valence electrons. The molecule has 5 heteroatoms. The highest BCUT2D eigenvalue weighted by Crippen LogP contribution is 2.20. The van der Waals surface area contributed by atoms with Crippen LogP contribution in [-0.4, -0.2) is 50.3 Å². The molecule has 1 aliphatic rings. The standard InChI is InChI=1S/C14H29N3O.HI/c1-5-15-14(16-7-8-18-6-2)17-10-12(3)9-13(4)11-17;/h12-13H,5-11H2,1-4H3,(H,15,16);1H. The Labute approximate surface area is 135 Å². The van der Waals surface area contributed by atoms with Crippen LogP contribution in [0.2, 0.25) is 0 Å². The van der Waals surface area contributed by atoms with Gasteiger partial charge in [-0.05, 0) is 32.1 Å². The van der Waals surface area contributed by atoms with Gasteiger partial charge in [0.2, 0.25) is 0 Å². The molecule has 2 atom stereocenters. The molecule has 0 spiro atoms. The fraction of sp³-hybridized carbons (Fsp3) is 0.929. The van der Waals surface area contributed by atoms with Gasteiger partial charge in [-0.1, -0.05) is 13.8 Å². The van der Waals surface area contributed by atoms with E-state index in [9.17, 15) is 0 Å². The quantitative estimate of drug-likeness (QED) is 0.343. The van der Waals surface area contributed by atoms with Crippen LogP contribution >= 0.6 is 24.0 Å². The van der Waals surface area contributed by atoms with Gasteiger partial charge in [-0.3, -0.25) is 4.99 Å². The van der Waals surface area contributed by atoms with Crippen molar-refractivity contribution >= 4 is 29.9 Å². The molecule has 1 heterocycles. The maximum absolute atomic E-state index is 5.34. The van der Waals surface area contributed by atoms with Crippen LogP contribution in [0.1, 0.15) is 34.1 Å². The number of ether oxygens (including phenoxy) is 1. The second-order valence-electron chi connectivity index (χ2n) is 5.28. The first kappa shape index (κ1) is 19.0. The average molecular weight is 383 g/mol. The van der Waals surface area contributed by atoms with E-state index >= 15 is 0 Å². The van der Waals surface area contributed by atoms with E-state index in [2.05, 4.69) is 36.0 Å². The second kappa shape index (κ2) is 10.7. The number of hydrogen-bond acceptors (Lipinski definition) is 2. The maximum atomic E-state index is 5.34. The molecule has 1 fully saturated rings. The van der Waals surface area contributed by atoms with Crippen molar-refractivity contribution in [3.05, 3.63) is 0 Å². The molecule has 0 aromatic carbocycles. The molecule has 4 nitrogen and oxygen atoms in total. The van der Waals surface area contributed by atoms with Crippen LogP contribution in [0.25, 0.3) is 0 Å². The Hall–Kier alpha value is -0.0400. The molecule has 1 rings (SSSR count). The molecular weight excluding hydrogens is 353 g/mol. The Morgan fingerprint density at radius 2 is 1.89 bits per heavy atom. The van der Waals surface area contributed by atoms with Crippen LogP contribution < -0.4 is 5.32 Å². The SMILES string of the molecule is CCNC(=NCCOCC)N1CC(C)CC(C)C1.I. The molecule has 0 radical (unpaired) electrons. The Kier molecular flexibility index (Phi) is 10.7. The number of piperidine rings is 1. The van der Waals surface area contributed by atoms with Crippen LogP contribution in [0, 0.1) is 11.8 Å². The molecule has 19 heavy (non-hydrogen) atoms. The Morgan fingerprint density at radius 3 is 2.42 bits per heavy atom. The molecule has 2 unspecified atom stereocenters. The van der Waals surface area contributed by atoms with Gasteiger partial charge in [0.05, 0.1) is 13.2 Å². The van der Waals surface area contributed by atoms with E-state index in [1.807, 2.05) is 6.92 Å². The first-order valence-electron chi connectivity index (χ1n) is 7.28. The lowest BCUT2D eigenvalue weighted by Crippen LogP contribution is -2.48. The van der Waals surface area contributed by atoms with Gasteiger partial charge in [0.15, 0.2) is 5.96 Å². The van der Waals surface area contributed by atoms with Crippen molar-refractivity contribution in [1.29, 1.82) is 0 Å². The Bertz CT molecular complexity index is 251. The number of aliphatic imine (C=N–C) groups is 1. The van der Waals surface area contributed by atoms with Crippen LogP contribution in [0.4, 0.5) is 0 Å². The molecule has 0 saturated carbocycles. The van der Waals surface area contributed by atoms with E-state index in [0.717, 1.165) is 50.6 Å². The van der Waals surface area contributed by atoms with Crippen molar-refractivity contribution in [2.75, 3.05) is 39.4 Å². The van der Waals surface area contributed by atoms with Crippen LogP contribution in [0.5, 0.6) is 0 Å². The normalized spacial score (nSPS) is 24.0. The van der Waals surface area contributed by atoms with E-state index in [-0.39, 0.29) is 24.0 Å². The molecule has 0 aliphatic carbocycles. The van der Waals surface area contributed by atoms with Crippen molar-refractivity contribution in [2.45, 2.75) is 34.1 Å². The predicted molar refractivity (Wildman–Crippen MR) is 92.4 cm³/mol. The van der Waals surface area contributed by atoms with Crippen molar-refractivity contribution in [2.24, 2.45) is 16.8 Å². The zero-order chi connectivity index (χ0) is 13.4. The van der Waals surface area contributed by atoms with E-state index < -0.39 is 0 Å². The number of hydrogen-bond donors (Lipinski definition) is 1. The van der Waals surface area contributed by atoms with Crippen molar-refractivity contribution in [3.63, 3.8) is 0 Å². The maximum Gasteiger partial charge on any atom is 0.194 e. The zero-order valence-electron chi connectivity index (χ0n) is 12.8. The van der Waals surface area contributed by atoms with Crippen LogP contribution in [0.3, 0.4) is 0 Å². The number of guanidine groups is 1. The van der Waals surface area contributed by atoms with E-state index in [1.165, 1.54) is 6.42 Å². The van der Waals surface area contributed by atoms with Gasteiger partial charge in [0.25, 0.3) is 0 Å². The first-order chi connectivity index (χ1) is 8.67. The number of nitrogens with one attached hydrogen (secondary N) is 1. The van der Waals surface area contributed by atoms with E-state index in [1.54, 1.807) is 0 Å². The second-order valence-corrected chi connectivity index (χ2v) is 5.28. The molecule has 1 saturated heterocycles. The third-order valence-electron chi connectivity index (χ3n) is 3.20. The van der Waals surface area contributed by atoms with Gasteiger partial charge in [-0.25, -0.2) is 0 Å². The summed E-state index contributed by atoms with van der Waals surface area (Å²) in [7, 11) is 0. The smallest absolute Gasteiger partial charge is 0.194 e. The van der Waals surface area contributed by atoms with E-state index in [4.69, 9.17) is 4.74 Å². The van der Waals surface area contributed by atoms with Gasteiger partial charge in [0.1, 0.15) is 0 Å². The molecule has 0 aromatic heterocycles. The number of likely N-dealkylation sites (tertiary alicyclic amines) is 1. The molecule has 1 aliphatic heterocycles. The van der Waals surface area contributed by atoms with Crippen molar-refractivity contribution in [3.8, 4) is 0 Å². The Morgan fingerprint density at radius 1 is 1.26 bits per heavy atom. The highest BCUT2D eigenvalue weighted by molar-refractivity contribution is 14.0. The summed E-state index contributed by atoms with van der Waals surface area (Å²) in [6.45, 7) is 14.2. The summed E-state index contributed by atoms with van der Waals surface area (Å²) in [6, 6.07) is 0. The summed E-state index contributed by atoms with van der Waals surface area (Å²) < 4.78 is 5.34. The average Bonchev–Trinajstić information content (AvgIpc) is 2.32. The summed E-state index contributed by atoms with van der Waals surface area (Å²) in [4.78, 5) is 7.05. The minimum atomic E-state index is 0. The highest BCUT2D eigenvalue weighted by Gasteiger charge is 2.23. The fourth-order valence-electron chi connectivity index (χ4n) is 2.62. The minimum absolute atomic E-state index is 0. The lowest BCUT2D eigenvalue weighted by molar-refractivity contribution is 0.155. The summed E-state index contributed by atoms with van der Waals surface area (Å²) in [5, 5.41) is 3.39. The van der Waals surface area contributed by atoms with Gasteiger partial charge >= 0.3 is 0 Å². The van der Waals surface area contributed by atoms with Crippen molar-refractivity contribution in [1.82, 2.24) is 10.2 Å². The fourth-order valence-corrected chi connectivity index (χ4v) is 2.62. The topological polar surface area (TPSA) is 36.9 Å². The third kappa shape index (κ3) is 7.34. The molecule has 0 amide bonds. The highest BCUT2D eigenvalue weighted by atomic mass is 127. The minimum Gasteiger partial charge on any atom is -0.380 e. The summed E-state index contributed by atoms with van der Waals surface area (Å²) in [5.41, 5.74) is 0. The first-order valence-corrected chi connectivity index (χ1v) is 7.28. The molecule has 0 bridgehead atoms. The van der Waals surface area contributed by atoms with Gasteiger partial charge in [0, 0.05) is 26.2 Å². The number of nitrogens with zero attached hydrogens (tertiary/aromatic N) is 2. The molecular formula is C14H30IN3O. The van der Waals surface area contributed by atoms with Gasteiger partial charge < -0.3 is 15.0 Å². The van der Waals surface area contributed by atoms with Gasteiger partial charge in [-0.15, -0.1) is 24.0 Å². The van der Waals surface area contributed by atoms with E-state index in [0.29, 0.717) is 6.61 Å². The molecule has 1 N–H and O–H groups in total. The Balaban J connectivity index is 0.00000324. The van der Waals surface area contributed by atoms with Gasteiger partial charge in [-0.2, -0.15) is 0 Å². The predicted octanol–water partition coefficient (Wildman–Crippen LogP) is 2.58. The summed E-state index contributed by atoms with van der Waals surface area (Å²) in [5.74, 6) is 2.56. The molecule has 0 aromatic rings. The monoisotopic (exact) mass is 383 g/mol. The van der Waals surface area contributed by atoms with Crippen molar-refractivity contribution < 1.29 is 4.74 Å². The van der Waals surface area contributed by atoms with Crippen LogP contribution in [0.15, 0.2) is 4.99 Å². The number of halogens is 1. The summed E-state index contributed by atoms with van der Waals surface area (Å²) in [6.07, 6.45) is 1.33. The lowest BCUT2D eigenvalue weighted by Gasteiger charge is -2.37. The third-order valence-corrected chi connectivity index (χ3v) is 3.20. The number of rotatable bonds is 5.